The first-order chi connectivity index (χ1) is 8.88. The van der Waals surface area contributed by atoms with Crippen molar-refractivity contribution in [2.24, 2.45) is 11.1 Å². The highest BCUT2D eigenvalue weighted by Crippen LogP contribution is 2.17. The van der Waals surface area contributed by atoms with Gasteiger partial charge in [0.15, 0.2) is 5.82 Å². The first-order valence-electron chi connectivity index (χ1n) is 7.13. The summed E-state index contributed by atoms with van der Waals surface area (Å²) in [5.41, 5.74) is 5.92. The molecule has 0 aliphatic heterocycles. The van der Waals surface area contributed by atoms with E-state index in [1.807, 2.05) is 0 Å². The second-order valence-electron chi connectivity index (χ2n) is 6.28. The fourth-order valence-corrected chi connectivity index (χ4v) is 1.96. The van der Waals surface area contributed by atoms with Gasteiger partial charge in [0.2, 0.25) is 5.89 Å². The van der Waals surface area contributed by atoms with E-state index >= 15 is 0 Å². The molecule has 1 aromatic rings. The molecule has 0 saturated heterocycles. The molecular weight excluding hydrogens is 240 g/mol. The zero-order valence-electron chi connectivity index (χ0n) is 12.9. The maximum absolute atomic E-state index is 5.81. The van der Waals surface area contributed by atoms with E-state index < -0.39 is 0 Å². The molecule has 0 atom stereocenters. The van der Waals surface area contributed by atoms with Crippen LogP contribution in [0.1, 0.15) is 58.7 Å². The van der Waals surface area contributed by atoms with E-state index in [0.717, 1.165) is 25.3 Å². The van der Waals surface area contributed by atoms with Gasteiger partial charge in [-0.3, -0.25) is 4.90 Å². The molecule has 0 unspecified atom stereocenters. The topological polar surface area (TPSA) is 68.2 Å². The van der Waals surface area contributed by atoms with Gasteiger partial charge >= 0.3 is 0 Å². The smallest absolute Gasteiger partial charge is 0.240 e. The second-order valence-corrected chi connectivity index (χ2v) is 6.28. The highest BCUT2D eigenvalue weighted by Gasteiger charge is 2.21. The van der Waals surface area contributed by atoms with E-state index in [2.05, 4.69) is 49.7 Å². The van der Waals surface area contributed by atoms with Gasteiger partial charge in [0, 0.05) is 12.5 Å². The highest BCUT2D eigenvalue weighted by molar-refractivity contribution is 4.92. The van der Waals surface area contributed by atoms with Gasteiger partial charge < -0.3 is 10.3 Å². The van der Waals surface area contributed by atoms with E-state index in [1.165, 1.54) is 0 Å². The lowest BCUT2D eigenvalue weighted by molar-refractivity contribution is 0.158. The minimum atomic E-state index is 0.107. The van der Waals surface area contributed by atoms with Gasteiger partial charge in [-0.15, -0.1) is 0 Å². The Kier molecular flexibility index (Phi) is 5.94. The molecule has 1 heterocycles. The third kappa shape index (κ3) is 5.28. The molecule has 2 N–H and O–H groups in total. The van der Waals surface area contributed by atoms with Crippen LogP contribution in [0.3, 0.4) is 0 Å². The van der Waals surface area contributed by atoms with Crippen molar-refractivity contribution in [2.45, 2.75) is 53.5 Å². The zero-order chi connectivity index (χ0) is 14.5. The Morgan fingerprint density at radius 2 is 2.05 bits per heavy atom. The summed E-state index contributed by atoms with van der Waals surface area (Å²) in [6, 6.07) is 0. The Balaban J connectivity index is 2.66. The van der Waals surface area contributed by atoms with E-state index in [0.29, 0.717) is 24.9 Å². The molecule has 0 fully saturated rings. The van der Waals surface area contributed by atoms with Crippen LogP contribution in [0.25, 0.3) is 0 Å². The zero-order valence-corrected chi connectivity index (χ0v) is 12.9. The van der Waals surface area contributed by atoms with Crippen LogP contribution in [0.15, 0.2) is 4.52 Å². The molecule has 0 bridgehead atoms. The molecule has 0 spiro atoms. The standard InChI is InChI=1S/C14H28N4O/c1-6-7-18(10-14(4,5)9-15)8-12-16-13(11(2)3)17-19-12/h11H,6-10,15H2,1-5H3. The number of aromatic nitrogens is 2. The Morgan fingerprint density at radius 3 is 2.53 bits per heavy atom. The molecule has 5 heteroatoms. The molecule has 0 amide bonds. The molecule has 0 aromatic carbocycles. The fourth-order valence-electron chi connectivity index (χ4n) is 1.96. The molecule has 110 valence electrons. The van der Waals surface area contributed by atoms with Crippen molar-refractivity contribution < 1.29 is 4.52 Å². The number of hydrogen-bond acceptors (Lipinski definition) is 5. The quantitative estimate of drug-likeness (QED) is 0.784. The van der Waals surface area contributed by atoms with Crippen LogP contribution in [0.2, 0.25) is 0 Å². The molecule has 1 rings (SSSR count). The van der Waals surface area contributed by atoms with E-state index in [9.17, 15) is 0 Å². The molecule has 0 radical (unpaired) electrons. The van der Waals surface area contributed by atoms with Crippen LogP contribution >= 0.6 is 0 Å². The first-order valence-corrected chi connectivity index (χ1v) is 7.13. The lowest BCUT2D eigenvalue weighted by atomic mass is 9.93. The minimum absolute atomic E-state index is 0.107. The minimum Gasteiger partial charge on any atom is -0.338 e. The predicted molar refractivity (Wildman–Crippen MR) is 76.8 cm³/mol. The van der Waals surface area contributed by atoms with Crippen molar-refractivity contribution >= 4 is 0 Å². The van der Waals surface area contributed by atoms with Gasteiger partial charge in [-0.2, -0.15) is 4.98 Å². The van der Waals surface area contributed by atoms with Gasteiger partial charge in [0.1, 0.15) is 0 Å². The maximum Gasteiger partial charge on any atom is 0.240 e. The third-order valence-corrected chi connectivity index (χ3v) is 3.10. The number of rotatable bonds is 8. The van der Waals surface area contributed by atoms with Crippen molar-refractivity contribution in [3.05, 3.63) is 11.7 Å². The van der Waals surface area contributed by atoms with Crippen molar-refractivity contribution in [1.82, 2.24) is 15.0 Å². The largest absolute Gasteiger partial charge is 0.338 e. The second kappa shape index (κ2) is 7.01. The molecular formula is C14H28N4O. The monoisotopic (exact) mass is 268 g/mol. The Bertz CT molecular complexity index is 373. The normalized spacial score (nSPS) is 12.6. The average molecular weight is 268 g/mol. The predicted octanol–water partition coefficient (Wildman–Crippen LogP) is 2.39. The van der Waals surface area contributed by atoms with Gasteiger partial charge in [-0.25, -0.2) is 0 Å². The molecule has 5 nitrogen and oxygen atoms in total. The summed E-state index contributed by atoms with van der Waals surface area (Å²) in [5, 5.41) is 4.01. The van der Waals surface area contributed by atoms with Crippen LogP contribution < -0.4 is 5.73 Å². The molecule has 0 saturated carbocycles. The van der Waals surface area contributed by atoms with E-state index in [1.54, 1.807) is 0 Å². The summed E-state index contributed by atoms with van der Waals surface area (Å²) in [5.74, 6) is 1.78. The van der Waals surface area contributed by atoms with Crippen molar-refractivity contribution in [1.29, 1.82) is 0 Å². The van der Waals surface area contributed by atoms with Crippen molar-refractivity contribution in [3.8, 4) is 0 Å². The maximum atomic E-state index is 5.81. The van der Waals surface area contributed by atoms with E-state index in [-0.39, 0.29) is 5.41 Å². The van der Waals surface area contributed by atoms with Crippen LogP contribution in [-0.4, -0.2) is 34.7 Å². The fraction of sp³-hybridized carbons (Fsp3) is 0.857. The van der Waals surface area contributed by atoms with E-state index in [4.69, 9.17) is 10.3 Å². The summed E-state index contributed by atoms with van der Waals surface area (Å²) in [6.45, 7) is 14.0. The molecule has 0 aliphatic carbocycles. The number of nitrogens with zero attached hydrogens (tertiary/aromatic N) is 3. The Labute approximate surface area is 116 Å². The van der Waals surface area contributed by atoms with Crippen molar-refractivity contribution in [2.75, 3.05) is 19.6 Å². The summed E-state index contributed by atoms with van der Waals surface area (Å²) in [4.78, 5) is 6.77. The lowest BCUT2D eigenvalue weighted by Crippen LogP contribution is -2.38. The average Bonchev–Trinajstić information content (AvgIpc) is 2.77. The first kappa shape index (κ1) is 16.1. The summed E-state index contributed by atoms with van der Waals surface area (Å²) >= 11 is 0. The summed E-state index contributed by atoms with van der Waals surface area (Å²) in [7, 11) is 0. The lowest BCUT2D eigenvalue weighted by Gasteiger charge is -2.30. The third-order valence-electron chi connectivity index (χ3n) is 3.10. The van der Waals surface area contributed by atoms with Gasteiger partial charge in [0.05, 0.1) is 6.54 Å². The number of nitrogens with two attached hydrogens (primary N) is 1. The van der Waals surface area contributed by atoms with Crippen LogP contribution in [-0.2, 0) is 6.54 Å². The molecule has 0 aliphatic rings. The van der Waals surface area contributed by atoms with Gasteiger partial charge in [-0.1, -0.05) is 39.8 Å². The van der Waals surface area contributed by atoms with Gasteiger partial charge in [0.25, 0.3) is 0 Å². The van der Waals surface area contributed by atoms with Crippen LogP contribution in [0, 0.1) is 5.41 Å². The van der Waals surface area contributed by atoms with Crippen molar-refractivity contribution in [3.63, 3.8) is 0 Å². The Morgan fingerprint density at radius 1 is 1.37 bits per heavy atom. The number of hydrogen-bond donors (Lipinski definition) is 1. The Hall–Kier alpha value is -0.940. The molecule has 1 aromatic heterocycles. The SMILES string of the molecule is CCCN(Cc1nc(C(C)C)no1)CC(C)(C)CN. The molecule has 19 heavy (non-hydrogen) atoms. The summed E-state index contributed by atoms with van der Waals surface area (Å²) < 4.78 is 5.32. The highest BCUT2D eigenvalue weighted by atomic mass is 16.5. The van der Waals surface area contributed by atoms with Crippen LogP contribution in [0.4, 0.5) is 0 Å². The van der Waals surface area contributed by atoms with Gasteiger partial charge in [-0.05, 0) is 24.9 Å². The van der Waals surface area contributed by atoms with Crippen LogP contribution in [0.5, 0.6) is 0 Å². The summed E-state index contributed by atoms with van der Waals surface area (Å²) in [6.07, 6.45) is 1.10.